The number of fused-ring (bicyclic) bond motifs is 1. The molecule has 1 atom stereocenters. The fourth-order valence-electron chi connectivity index (χ4n) is 3.45. The summed E-state index contributed by atoms with van der Waals surface area (Å²) < 4.78 is 11.1. The molecule has 1 aromatic rings. The number of hydrogen-bond acceptors (Lipinski definition) is 4. The maximum absolute atomic E-state index is 12.6. The number of nitrogens with zero attached hydrogens (tertiary/aromatic N) is 1. The van der Waals surface area contributed by atoms with E-state index in [-0.39, 0.29) is 23.8 Å². The first-order valence-corrected chi connectivity index (χ1v) is 9.02. The van der Waals surface area contributed by atoms with Crippen LogP contribution >= 0.6 is 0 Å². The van der Waals surface area contributed by atoms with E-state index in [9.17, 15) is 9.59 Å². The number of benzene rings is 1. The number of likely N-dealkylation sites (tertiary alicyclic amines) is 1. The molecular formula is C19H26N2O4. The second kappa shape index (κ2) is 7.76. The molecule has 2 heterocycles. The molecule has 2 aliphatic rings. The zero-order valence-corrected chi connectivity index (χ0v) is 14.9. The van der Waals surface area contributed by atoms with Crippen LogP contribution in [0.3, 0.4) is 0 Å². The van der Waals surface area contributed by atoms with Crippen LogP contribution in [0.15, 0.2) is 18.2 Å². The van der Waals surface area contributed by atoms with E-state index in [2.05, 4.69) is 5.32 Å². The number of hydrogen-bond donors (Lipinski definition) is 1. The molecule has 0 radical (unpaired) electrons. The molecule has 3 rings (SSSR count). The lowest BCUT2D eigenvalue weighted by atomic mass is 10.0. The summed E-state index contributed by atoms with van der Waals surface area (Å²) in [6, 6.07) is 5.48. The third-order valence-corrected chi connectivity index (χ3v) is 4.67. The molecule has 2 amide bonds. The van der Waals surface area contributed by atoms with E-state index < -0.39 is 0 Å². The average Bonchev–Trinajstić information content (AvgIpc) is 3.00. The smallest absolute Gasteiger partial charge is 0.243 e. The Morgan fingerprint density at radius 2 is 2.00 bits per heavy atom. The van der Waals surface area contributed by atoms with Gasteiger partial charge >= 0.3 is 0 Å². The van der Waals surface area contributed by atoms with Gasteiger partial charge in [-0.3, -0.25) is 9.59 Å². The molecule has 6 heteroatoms. The first kappa shape index (κ1) is 17.6. The van der Waals surface area contributed by atoms with E-state index in [4.69, 9.17) is 9.47 Å². The number of ether oxygens (including phenoxy) is 2. The lowest BCUT2D eigenvalue weighted by Crippen LogP contribution is -2.50. The maximum atomic E-state index is 12.6. The van der Waals surface area contributed by atoms with Gasteiger partial charge in [-0.25, -0.2) is 0 Å². The summed E-state index contributed by atoms with van der Waals surface area (Å²) >= 11 is 0. The Morgan fingerprint density at radius 3 is 2.68 bits per heavy atom. The molecule has 0 saturated carbocycles. The van der Waals surface area contributed by atoms with Crippen molar-refractivity contribution in [2.75, 3.05) is 26.3 Å². The van der Waals surface area contributed by atoms with Gasteiger partial charge in [0.2, 0.25) is 11.8 Å². The summed E-state index contributed by atoms with van der Waals surface area (Å²) in [5, 5.41) is 2.99. The van der Waals surface area contributed by atoms with Gasteiger partial charge in [-0.1, -0.05) is 19.9 Å². The van der Waals surface area contributed by atoms with Crippen molar-refractivity contribution in [1.29, 1.82) is 0 Å². The number of amides is 2. The fraction of sp³-hybridized carbons (Fsp3) is 0.579. The zero-order valence-electron chi connectivity index (χ0n) is 14.9. The molecule has 1 N–H and O–H groups in total. The predicted octanol–water partition coefficient (Wildman–Crippen LogP) is 1.76. The number of carbonyl (C=O) groups is 2. The van der Waals surface area contributed by atoms with Crippen molar-refractivity contribution in [1.82, 2.24) is 10.2 Å². The highest BCUT2D eigenvalue weighted by atomic mass is 16.6. The molecule has 1 saturated heterocycles. The molecule has 136 valence electrons. The van der Waals surface area contributed by atoms with Crippen molar-refractivity contribution in [2.45, 2.75) is 39.2 Å². The minimum atomic E-state index is -0.379. The number of carbonyl (C=O) groups excluding carboxylic acids is 2. The molecule has 0 spiro atoms. The molecule has 0 aliphatic carbocycles. The fourth-order valence-corrected chi connectivity index (χ4v) is 3.45. The van der Waals surface area contributed by atoms with Gasteiger partial charge in [0.15, 0.2) is 11.5 Å². The van der Waals surface area contributed by atoms with Crippen LogP contribution in [0.25, 0.3) is 0 Å². The maximum Gasteiger partial charge on any atom is 0.243 e. The summed E-state index contributed by atoms with van der Waals surface area (Å²) in [6.07, 6.45) is 2.10. The molecule has 1 fully saturated rings. The van der Waals surface area contributed by atoms with Crippen LogP contribution < -0.4 is 14.8 Å². The zero-order chi connectivity index (χ0) is 17.8. The van der Waals surface area contributed by atoms with Crippen molar-refractivity contribution >= 4 is 11.8 Å². The van der Waals surface area contributed by atoms with Crippen molar-refractivity contribution in [3.8, 4) is 11.5 Å². The van der Waals surface area contributed by atoms with E-state index in [1.54, 1.807) is 4.90 Å². The number of rotatable bonds is 6. The van der Waals surface area contributed by atoms with E-state index >= 15 is 0 Å². The largest absolute Gasteiger partial charge is 0.486 e. The van der Waals surface area contributed by atoms with Crippen molar-refractivity contribution in [3.63, 3.8) is 0 Å². The Hall–Kier alpha value is -2.24. The van der Waals surface area contributed by atoms with Gasteiger partial charge in [-0.05, 0) is 36.5 Å². The monoisotopic (exact) mass is 346 g/mol. The molecule has 0 bridgehead atoms. The van der Waals surface area contributed by atoms with Crippen LogP contribution in [-0.2, 0) is 16.0 Å². The summed E-state index contributed by atoms with van der Waals surface area (Å²) in [6.45, 7) is 6.32. The lowest BCUT2D eigenvalue weighted by molar-refractivity contribution is -0.139. The van der Waals surface area contributed by atoms with E-state index in [1.165, 1.54) is 0 Å². The summed E-state index contributed by atoms with van der Waals surface area (Å²) in [7, 11) is 0. The van der Waals surface area contributed by atoms with Gasteiger partial charge in [-0.15, -0.1) is 0 Å². The second-order valence-electron chi connectivity index (χ2n) is 6.90. The summed E-state index contributed by atoms with van der Waals surface area (Å²) in [5.41, 5.74) is 1.09. The minimum Gasteiger partial charge on any atom is -0.486 e. The molecular weight excluding hydrogens is 320 g/mol. The van der Waals surface area contributed by atoms with E-state index in [0.717, 1.165) is 23.5 Å². The number of nitrogens with one attached hydrogen (secondary N) is 1. The van der Waals surface area contributed by atoms with Gasteiger partial charge < -0.3 is 19.7 Å². The highest BCUT2D eigenvalue weighted by Crippen LogP contribution is 2.30. The normalized spacial score (nSPS) is 17.7. The van der Waals surface area contributed by atoms with Gasteiger partial charge in [-0.2, -0.15) is 0 Å². The van der Waals surface area contributed by atoms with E-state index in [1.807, 2.05) is 32.0 Å². The first-order valence-electron chi connectivity index (χ1n) is 9.02. The van der Waals surface area contributed by atoms with Crippen molar-refractivity contribution in [3.05, 3.63) is 23.8 Å². The summed E-state index contributed by atoms with van der Waals surface area (Å²) in [4.78, 5) is 26.3. The van der Waals surface area contributed by atoms with Gasteiger partial charge in [0.25, 0.3) is 0 Å². The van der Waals surface area contributed by atoms with E-state index in [0.29, 0.717) is 39.1 Å². The quantitative estimate of drug-likeness (QED) is 0.852. The SMILES string of the molecule is CC(C)C(C(=O)NCCc1ccc2c(c1)OCCO2)N1CCCC1=O. The van der Waals surface area contributed by atoms with Crippen LogP contribution in [0.2, 0.25) is 0 Å². The molecule has 1 unspecified atom stereocenters. The lowest BCUT2D eigenvalue weighted by Gasteiger charge is -2.29. The van der Waals surface area contributed by atoms with Crippen LogP contribution in [0.5, 0.6) is 11.5 Å². The topological polar surface area (TPSA) is 67.9 Å². The Kier molecular flexibility index (Phi) is 5.46. The van der Waals surface area contributed by atoms with Crippen LogP contribution in [-0.4, -0.2) is 49.1 Å². The first-order chi connectivity index (χ1) is 12.1. The van der Waals surface area contributed by atoms with Gasteiger partial charge in [0.05, 0.1) is 0 Å². The van der Waals surface area contributed by atoms with Crippen LogP contribution in [0.1, 0.15) is 32.3 Å². The predicted molar refractivity (Wildman–Crippen MR) is 93.7 cm³/mol. The Morgan fingerprint density at radius 1 is 1.24 bits per heavy atom. The summed E-state index contributed by atoms with van der Waals surface area (Å²) in [5.74, 6) is 1.64. The minimum absolute atomic E-state index is 0.0669. The van der Waals surface area contributed by atoms with Crippen molar-refractivity contribution in [2.24, 2.45) is 5.92 Å². The Balaban J connectivity index is 1.55. The molecule has 6 nitrogen and oxygen atoms in total. The van der Waals surface area contributed by atoms with Gasteiger partial charge in [0, 0.05) is 19.5 Å². The van der Waals surface area contributed by atoms with Crippen LogP contribution in [0, 0.1) is 5.92 Å². The standard InChI is InChI=1S/C19H26N2O4/c1-13(2)18(21-9-3-4-17(21)22)19(23)20-8-7-14-5-6-15-16(12-14)25-11-10-24-15/h5-6,12-13,18H,3-4,7-11H2,1-2H3,(H,20,23). The Bertz CT molecular complexity index is 644. The second-order valence-corrected chi connectivity index (χ2v) is 6.90. The average molecular weight is 346 g/mol. The highest BCUT2D eigenvalue weighted by molar-refractivity contribution is 5.88. The highest BCUT2D eigenvalue weighted by Gasteiger charge is 2.34. The third-order valence-electron chi connectivity index (χ3n) is 4.67. The molecule has 0 aromatic heterocycles. The van der Waals surface area contributed by atoms with Gasteiger partial charge in [0.1, 0.15) is 19.3 Å². The Labute approximate surface area is 148 Å². The molecule has 1 aromatic carbocycles. The third kappa shape index (κ3) is 4.06. The molecule has 25 heavy (non-hydrogen) atoms. The molecule has 2 aliphatic heterocycles. The van der Waals surface area contributed by atoms with Crippen molar-refractivity contribution < 1.29 is 19.1 Å². The van der Waals surface area contributed by atoms with Crippen LogP contribution in [0.4, 0.5) is 0 Å².